The maximum absolute atomic E-state index is 12.7. The van der Waals surface area contributed by atoms with E-state index in [1.54, 1.807) is 0 Å². The Hall–Kier alpha value is -3.53. The summed E-state index contributed by atoms with van der Waals surface area (Å²) in [5.74, 6) is 3.34. The second kappa shape index (κ2) is 18.2. The fourth-order valence-corrected chi connectivity index (χ4v) is 11.7. The van der Waals surface area contributed by atoms with Crippen LogP contribution >= 0.6 is 46.1 Å². The summed E-state index contributed by atoms with van der Waals surface area (Å²) < 4.78 is 24.6. The molecule has 2 unspecified atom stereocenters. The van der Waals surface area contributed by atoms with Gasteiger partial charge in [-0.1, -0.05) is 48.1 Å². The molecule has 5 aromatic rings. The van der Waals surface area contributed by atoms with Crippen LogP contribution in [-0.2, 0) is 47.4 Å². The quantitative estimate of drug-likeness (QED) is 0.149. The molecule has 7 heterocycles. The minimum atomic E-state index is -1.05. The molecule has 2 atom stereocenters. The van der Waals surface area contributed by atoms with Crippen molar-refractivity contribution in [2.75, 3.05) is 88.8 Å². The summed E-state index contributed by atoms with van der Waals surface area (Å²) in [6, 6.07) is 20.3. The van der Waals surface area contributed by atoms with E-state index in [2.05, 4.69) is 66.1 Å². The molecule has 17 heteroatoms. The summed E-state index contributed by atoms with van der Waals surface area (Å²) in [7, 11) is -2.08. The minimum Gasteiger partial charge on any atom is -0.368 e. The SMILES string of the molecule is CCCc1ccc(CNc2nc(N3CCN(c4ccc(Cl)cc4)CC3)nc3c2S(=O)CC3)s1.O=S1CCc2nc(N3CCN(c4ccc(Cl)cc4)CC3)nc(Cl)c21. The van der Waals surface area contributed by atoms with Crippen molar-refractivity contribution in [3.63, 3.8) is 0 Å². The molecule has 1 N–H and O–H groups in total. The van der Waals surface area contributed by atoms with Crippen LogP contribution < -0.4 is 24.9 Å². The van der Waals surface area contributed by atoms with Crippen LogP contribution in [0.2, 0.25) is 15.2 Å². The fraction of sp³-hybridized carbons (Fsp3) is 0.400. The molecule has 9 rings (SSSR count). The van der Waals surface area contributed by atoms with Crippen molar-refractivity contribution in [1.29, 1.82) is 0 Å². The van der Waals surface area contributed by atoms with Crippen LogP contribution in [0.3, 0.4) is 0 Å². The summed E-state index contributed by atoms with van der Waals surface area (Å²) >= 11 is 20.1. The number of benzene rings is 2. The molecule has 2 aromatic carbocycles. The van der Waals surface area contributed by atoms with E-state index in [0.29, 0.717) is 40.5 Å². The van der Waals surface area contributed by atoms with Crippen molar-refractivity contribution in [2.24, 2.45) is 0 Å². The van der Waals surface area contributed by atoms with Gasteiger partial charge >= 0.3 is 0 Å². The summed E-state index contributed by atoms with van der Waals surface area (Å²) in [5.41, 5.74) is 4.12. The van der Waals surface area contributed by atoms with Crippen molar-refractivity contribution in [3.05, 3.63) is 97.0 Å². The number of halogens is 3. The third kappa shape index (κ3) is 9.36. The number of piperazine rings is 2. The highest BCUT2D eigenvalue weighted by atomic mass is 35.5. The zero-order valence-electron chi connectivity index (χ0n) is 31.6. The monoisotopic (exact) mass is 883 g/mol. The molecule has 0 aliphatic carbocycles. The molecule has 0 bridgehead atoms. The molecule has 57 heavy (non-hydrogen) atoms. The fourth-order valence-electron chi connectivity index (χ4n) is 7.43. The third-order valence-corrected chi connectivity index (χ3v) is 15.4. The molecular formula is C40H44Cl3N9O2S3. The Morgan fingerprint density at radius 2 is 1.09 bits per heavy atom. The lowest BCUT2D eigenvalue weighted by Crippen LogP contribution is -2.47. The van der Waals surface area contributed by atoms with E-state index >= 15 is 0 Å². The first-order valence-electron chi connectivity index (χ1n) is 19.3. The number of nitrogens with one attached hydrogen (secondary N) is 1. The highest BCUT2D eigenvalue weighted by Crippen LogP contribution is 2.33. The second-order valence-corrected chi connectivity index (χ2v) is 19.7. The predicted octanol–water partition coefficient (Wildman–Crippen LogP) is 7.52. The predicted molar refractivity (Wildman–Crippen MR) is 236 cm³/mol. The van der Waals surface area contributed by atoms with Crippen LogP contribution in [0.25, 0.3) is 0 Å². The van der Waals surface area contributed by atoms with Gasteiger partial charge in [0.15, 0.2) is 5.15 Å². The standard InChI is InChI=1S/C24H28ClN5OS2.C16H16Cl2N4OS/c1-2-3-19-8-9-20(32-19)16-26-23-22-21(10-15-33(22)31)27-24(28-23)30-13-11-29(12-14-30)18-6-4-17(25)5-7-18;17-11-1-3-12(4-2-11)21-6-8-22(9-7-21)16-19-13-5-10-24(23)14(13)15(18)20-16/h4-9H,2-3,10-16H2,1H3,(H,26,27,28);1-4H,5-10H2. The number of aromatic nitrogens is 4. The van der Waals surface area contributed by atoms with E-state index in [0.717, 1.165) is 110 Å². The van der Waals surface area contributed by atoms with Gasteiger partial charge < -0.3 is 24.9 Å². The zero-order valence-corrected chi connectivity index (χ0v) is 36.4. The smallest absolute Gasteiger partial charge is 0.227 e. The van der Waals surface area contributed by atoms with Gasteiger partial charge in [-0.15, -0.1) is 11.3 Å². The number of fused-ring (bicyclic) bond motifs is 2. The van der Waals surface area contributed by atoms with Crippen LogP contribution in [0.4, 0.5) is 29.1 Å². The molecule has 0 amide bonds. The van der Waals surface area contributed by atoms with Gasteiger partial charge in [0.05, 0.1) is 44.4 Å². The molecule has 0 saturated carbocycles. The maximum Gasteiger partial charge on any atom is 0.227 e. The van der Waals surface area contributed by atoms with Gasteiger partial charge in [-0.2, -0.15) is 9.97 Å². The van der Waals surface area contributed by atoms with E-state index in [4.69, 9.17) is 44.8 Å². The van der Waals surface area contributed by atoms with Crippen LogP contribution in [-0.4, -0.2) is 92.2 Å². The number of anilines is 5. The molecule has 0 spiro atoms. The second-order valence-electron chi connectivity index (χ2n) is 14.2. The van der Waals surface area contributed by atoms with Crippen LogP contribution in [0.1, 0.15) is 34.5 Å². The van der Waals surface area contributed by atoms with E-state index in [9.17, 15) is 8.42 Å². The lowest BCUT2D eigenvalue weighted by atomic mass is 10.2. The molecular weight excluding hydrogens is 841 g/mol. The summed E-state index contributed by atoms with van der Waals surface area (Å²) in [6.07, 6.45) is 3.72. The maximum atomic E-state index is 12.7. The molecule has 300 valence electrons. The van der Waals surface area contributed by atoms with Crippen molar-refractivity contribution in [3.8, 4) is 0 Å². The molecule has 2 fully saturated rings. The van der Waals surface area contributed by atoms with Gasteiger partial charge in [0.1, 0.15) is 10.7 Å². The number of thiophene rings is 1. The normalized spacial score (nSPS) is 18.9. The number of aryl methyl sites for hydroxylation is 3. The van der Waals surface area contributed by atoms with Gasteiger partial charge in [0, 0.05) is 108 Å². The Labute approximate surface area is 357 Å². The molecule has 11 nitrogen and oxygen atoms in total. The van der Waals surface area contributed by atoms with Crippen LogP contribution in [0, 0.1) is 0 Å². The summed E-state index contributed by atoms with van der Waals surface area (Å²) in [4.78, 5) is 31.8. The van der Waals surface area contributed by atoms with Crippen LogP contribution in [0.15, 0.2) is 70.5 Å². The highest BCUT2D eigenvalue weighted by Gasteiger charge is 2.30. The van der Waals surface area contributed by atoms with Gasteiger partial charge in [-0.25, -0.2) is 9.97 Å². The van der Waals surface area contributed by atoms with E-state index in [-0.39, 0.29) is 0 Å². The van der Waals surface area contributed by atoms with E-state index < -0.39 is 21.6 Å². The Morgan fingerprint density at radius 3 is 1.63 bits per heavy atom. The first-order valence-corrected chi connectivity index (χ1v) is 23.9. The van der Waals surface area contributed by atoms with Crippen molar-refractivity contribution in [1.82, 2.24) is 19.9 Å². The van der Waals surface area contributed by atoms with Crippen molar-refractivity contribution < 1.29 is 8.42 Å². The minimum absolute atomic E-state index is 0.339. The summed E-state index contributed by atoms with van der Waals surface area (Å²) in [6.45, 7) is 9.77. The van der Waals surface area contributed by atoms with Gasteiger partial charge in [0.25, 0.3) is 0 Å². The number of hydrogen-bond acceptors (Lipinski definition) is 12. The molecule has 3 aromatic heterocycles. The van der Waals surface area contributed by atoms with Crippen molar-refractivity contribution in [2.45, 2.75) is 48.9 Å². The largest absolute Gasteiger partial charge is 0.368 e. The van der Waals surface area contributed by atoms with E-state index in [1.807, 2.05) is 47.7 Å². The first kappa shape index (κ1) is 40.3. The number of hydrogen-bond donors (Lipinski definition) is 1. The number of rotatable bonds is 9. The van der Waals surface area contributed by atoms with Crippen molar-refractivity contribution >= 4 is 96.8 Å². The average molecular weight is 885 g/mol. The van der Waals surface area contributed by atoms with E-state index in [1.165, 1.54) is 21.1 Å². The van der Waals surface area contributed by atoms with Gasteiger partial charge in [0.2, 0.25) is 11.9 Å². The Morgan fingerprint density at radius 1 is 0.614 bits per heavy atom. The van der Waals surface area contributed by atoms with Gasteiger partial charge in [-0.3, -0.25) is 8.42 Å². The summed E-state index contributed by atoms with van der Waals surface area (Å²) in [5, 5.41) is 5.32. The Balaban J connectivity index is 0.000000168. The molecule has 0 radical (unpaired) electrons. The highest BCUT2D eigenvalue weighted by molar-refractivity contribution is 7.85. The lowest BCUT2D eigenvalue weighted by molar-refractivity contribution is 0.637. The topological polar surface area (TPSA) is 111 Å². The number of nitrogens with zero attached hydrogens (tertiary/aromatic N) is 8. The molecule has 2 saturated heterocycles. The molecule has 4 aliphatic rings. The molecule has 4 aliphatic heterocycles. The zero-order chi connectivity index (χ0) is 39.5. The Bertz CT molecular complexity index is 2250. The van der Waals surface area contributed by atoms with Crippen LogP contribution in [0.5, 0.6) is 0 Å². The Kier molecular flexibility index (Phi) is 12.8. The first-order chi connectivity index (χ1) is 27.7. The lowest BCUT2D eigenvalue weighted by Gasteiger charge is -2.36. The third-order valence-electron chi connectivity index (χ3n) is 10.5. The average Bonchev–Trinajstić information content (AvgIpc) is 3.96. The van der Waals surface area contributed by atoms with Gasteiger partial charge in [-0.05, 0) is 67.1 Å².